The summed E-state index contributed by atoms with van der Waals surface area (Å²) in [5.74, 6) is -1.70. The third-order valence-electron chi connectivity index (χ3n) is 3.88. The number of alkyl halides is 3. The number of anilines is 2. The third-order valence-corrected chi connectivity index (χ3v) is 3.88. The van der Waals surface area contributed by atoms with Crippen LogP contribution in [-0.2, 0) is 9.59 Å². The molecule has 4 nitrogen and oxygen atoms in total. The van der Waals surface area contributed by atoms with Crippen molar-refractivity contribution in [1.82, 2.24) is 0 Å². The summed E-state index contributed by atoms with van der Waals surface area (Å²) < 4.78 is 36.4. The summed E-state index contributed by atoms with van der Waals surface area (Å²) in [6.07, 6.45) is 1.21. The van der Waals surface area contributed by atoms with Gasteiger partial charge in [0, 0.05) is 17.8 Å². The Kier molecular flexibility index (Phi) is 5.63. The number of rotatable bonds is 4. The Morgan fingerprint density at radius 2 is 1.48 bits per heavy atom. The highest BCUT2D eigenvalue weighted by Crippen LogP contribution is 2.26. The van der Waals surface area contributed by atoms with E-state index < -0.39 is 12.1 Å². The van der Waals surface area contributed by atoms with Crippen LogP contribution in [0.1, 0.15) is 38.5 Å². The van der Waals surface area contributed by atoms with Crippen molar-refractivity contribution in [2.75, 3.05) is 10.6 Å². The molecular weight excluding hydrogens is 309 g/mol. The normalized spacial score (nSPS) is 16.0. The summed E-state index contributed by atoms with van der Waals surface area (Å²) in [7, 11) is 0. The van der Waals surface area contributed by atoms with Gasteiger partial charge in [-0.05, 0) is 43.0 Å². The van der Waals surface area contributed by atoms with E-state index in [0.717, 1.165) is 25.7 Å². The van der Waals surface area contributed by atoms with Crippen LogP contribution in [0.25, 0.3) is 0 Å². The van der Waals surface area contributed by atoms with Crippen LogP contribution in [0.4, 0.5) is 24.5 Å². The lowest BCUT2D eigenvalue weighted by Gasteiger charge is -2.20. The van der Waals surface area contributed by atoms with Crippen LogP contribution < -0.4 is 10.6 Å². The monoisotopic (exact) mass is 328 g/mol. The molecule has 1 saturated carbocycles. The predicted molar refractivity (Wildman–Crippen MR) is 80.9 cm³/mol. The molecule has 1 aliphatic rings. The molecule has 1 aliphatic carbocycles. The maximum Gasteiger partial charge on any atom is 0.471 e. The predicted octanol–water partition coefficient (Wildman–Crippen LogP) is 4.10. The van der Waals surface area contributed by atoms with Gasteiger partial charge >= 0.3 is 12.1 Å². The first-order valence-corrected chi connectivity index (χ1v) is 7.62. The van der Waals surface area contributed by atoms with E-state index >= 15 is 0 Å². The van der Waals surface area contributed by atoms with Gasteiger partial charge in [0.05, 0.1) is 0 Å². The van der Waals surface area contributed by atoms with Gasteiger partial charge in [-0.1, -0.05) is 19.3 Å². The fraction of sp³-hybridized carbons (Fsp3) is 0.500. The third kappa shape index (κ3) is 5.58. The highest BCUT2D eigenvalue weighted by Gasteiger charge is 2.38. The van der Waals surface area contributed by atoms with Crippen LogP contribution in [0.3, 0.4) is 0 Å². The maximum absolute atomic E-state index is 12.1. The Hall–Kier alpha value is -2.05. The zero-order valence-electron chi connectivity index (χ0n) is 12.6. The Labute approximate surface area is 132 Å². The molecule has 0 bridgehead atoms. The number of nitrogens with one attached hydrogen (secondary N) is 2. The summed E-state index contributed by atoms with van der Waals surface area (Å²) in [4.78, 5) is 22.8. The Morgan fingerprint density at radius 1 is 0.957 bits per heavy atom. The molecule has 1 aromatic carbocycles. The molecule has 2 rings (SSSR count). The minimum atomic E-state index is -4.92. The first-order chi connectivity index (χ1) is 10.8. The molecule has 2 N–H and O–H groups in total. The highest BCUT2D eigenvalue weighted by atomic mass is 19.4. The Morgan fingerprint density at radius 3 is 2.00 bits per heavy atom. The van der Waals surface area contributed by atoms with Gasteiger partial charge in [-0.25, -0.2) is 0 Å². The molecule has 0 unspecified atom stereocenters. The number of halogens is 3. The highest BCUT2D eigenvalue weighted by molar-refractivity contribution is 5.95. The molecule has 2 amide bonds. The Bertz CT molecular complexity index is 549. The van der Waals surface area contributed by atoms with Crippen molar-refractivity contribution in [3.8, 4) is 0 Å². The smallest absolute Gasteiger partial charge is 0.326 e. The summed E-state index contributed by atoms with van der Waals surface area (Å²) in [5, 5.41) is 4.48. The molecular formula is C16H19F3N2O2. The maximum atomic E-state index is 12.1. The minimum Gasteiger partial charge on any atom is -0.326 e. The topological polar surface area (TPSA) is 58.2 Å². The van der Waals surface area contributed by atoms with E-state index in [9.17, 15) is 22.8 Å². The summed E-state index contributed by atoms with van der Waals surface area (Å²) in [6, 6.07) is 5.56. The van der Waals surface area contributed by atoms with Crippen molar-refractivity contribution in [2.24, 2.45) is 5.92 Å². The van der Waals surface area contributed by atoms with E-state index in [2.05, 4.69) is 5.32 Å². The van der Waals surface area contributed by atoms with Crippen molar-refractivity contribution in [1.29, 1.82) is 0 Å². The molecule has 0 radical (unpaired) electrons. The average molecular weight is 328 g/mol. The minimum absolute atomic E-state index is 0.0256. The van der Waals surface area contributed by atoms with Crippen LogP contribution >= 0.6 is 0 Å². The van der Waals surface area contributed by atoms with E-state index in [4.69, 9.17) is 0 Å². The second-order valence-electron chi connectivity index (χ2n) is 5.79. The van der Waals surface area contributed by atoms with E-state index in [1.165, 1.54) is 30.7 Å². The van der Waals surface area contributed by atoms with Gasteiger partial charge in [-0.2, -0.15) is 13.2 Å². The SMILES string of the molecule is O=C(CC1CCCCC1)Nc1ccc(NC(=O)C(F)(F)F)cc1. The van der Waals surface area contributed by atoms with Gasteiger partial charge in [0.15, 0.2) is 0 Å². The van der Waals surface area contributed by atoms with Gasteiger partial charge in [0.2, 0.25) is 5.91 Å². The fourth-order valence-corrected chi connectivity index (χ4v) is 2.70. The number of carbonyl (C=O) groups excluding carboxylic acids is 2. The average Bonchev–Trinajstić information content (AvgIpc) is 2.49. The number of amides is 2. The standard InChI is InChI=1S/C16H19F3N2O2/c17-16(18,19)15(23)21-13-8-6-12(7-9-13)20-14(22)10-11-4-2-1-3-5-11/h6-9,11H,1-5,10H2,(H,20,22)(H,21,23). The molecule has 0 aliphatic heterocycles. The van der Waals surface area contributed by atoms with Crippen molar-refractivity contribution >= 4 is 23.2 Å². The van der Waals surface area contributed by atoms with Crippen LogP contribution in [0.2, 0.25) is 0 Å². The van der Waals surface area contributed by atoms with Crippen molar-refractivity contribution in [3.05, 3.63) is 24.3 Å². The van der Waals surface area contributed by atoms with Gasteiger partial charge < -0.3 is 10.6 Å². The van der Waals surface area contributed by atoms with Crippen molar-refractivity contribution < 1.29 is 22.8 Å². The van der Waals surface area contributed by atoms with Gasteiger partial charge in [0.1, 0.15) is 0 Å². The van der Waals surface area contributed by atoms with Gasteiger partial charge in [-0.3, -0.25) is 9.59 Å². The number of benzene rings is 1. The second kappa shape index (κ2) is 7.48. The van der Waals surface area contributed by atoms with Crippen molar-refractivity contribution in [3.63, 3.8) is 0 Å². The molecule has 0 spiro atoms. The second-order valence-corrected chi connectivity index (χ2v) is 5.79. The van der Waals surface area contributed by atoms with Crippen LogP contribution in [0.15, 0.2) is 24.3 Å². The largest absolute Gasteiger partial charge is 0.471 e. The molecule has 23 heavy (non-hydrogen) atoms. The van der Waals surface area contributed by atoms with Crippen LogP contribution in [0.5, 0.6) is 0 Å². The lowest BCUT2D eigenvalue weighted by atomic mass is 9.87. The summed E-state index contributed by atoms with van der Waals surface area (Å²) in [5.41, 5.74) is 0.522. The molecule has 1 aromatic rings. The zero-order valence-corrected chi connectivity index (χ0v) is 12.6. The molecule has 7 heteroatoms. The van der Waals surface area contributed by atoms with E-state index in [1.807, 2.05) is 0 Å². The number of carbonyl (C=O) groups is 2. The Balaban J connectivity index is 1.84. The first kappa shape index (κ1) is 17.3. The summed E-state index contributed by atoms with van der Waals surface area (Å²) >= 11 is 0. The lowest BCUT2D eigenvalue weighted by molar-refractivity contribution is -0.167. The first-order valence-electron chi connectivity index (χ1n) is 7.62. The molecule has 0 aromatic heterocycles. The van der Waals surface area contributed by atoms with Crippen LogP contribution in [-0.4, -0.2) is 18.0 Å². The molecule has 0 atom stereocenters. The molecule has 0 heterocycles. The number of hydrogen-bond acceptors (Lipinski definition) is 2. The molecule has 126 valence electrons. The van der Waals surface area contributed by atoms with Gasteiger partial charge in [-0.15, -0.1) is 0 Å². The molecule has 1 fully saturated rings. The lowest BCUT2D eigenvalue weighted by Crippen LogP contribution is -2.29. The zero-order chi connectivity index (χ0) is 16.9. The fourth-order valence-electron chi connectivity index (χ4n) is 2.70. The quantitative estimate of drug-likeness (QED) is 0.874. The summed E-state index contributed by atoms with van der Waals surface area (Å²) in [6.45, 7) is 0. The number of hydrogen-bond donors (Lipinski definition) is 2. The van der Waals surface area contributed by atoms with E-state index in [-0.39, 0.29) is 11.6 Å². The van der Waals surface area contributed by atoms with E-state index in [0.29, 0.717) is 18.0 Å². The van der Waals surface area contributed by atoms with Gasteiger partial charge in [0.25, 0.3) is 0 Å². The van der Waals surface area contributed by atoms with Crippen molar-refractivity contribution in [2.45, 2.75) is 44.7 Å². The van der Waals surface area contributed by atoms with Crippen LogP contribution in [0, 0.1) is 5.92 Å². The van der Waals surface area contributed by atoms with E-state index in [1.54, 1.807) is 5.32 Å². The molecule has 0 saturated heterocycles.